The van der Waals surface area contributed by atoms with E-state index in [9.17, 15) is 0 Å². The van der Waals surface area contributed by atoms with Gasteiger partial charge in [-0.1, -0.05) is 18.2 Å². The van der Waals surface area contributed by atoms with Crippen LogP contribution in [-0.4, -0.2) is 37.6 Å². The third kappa shape index (κ3) is 3.63. The van der Waals surface area contributed by atoms with Gasteiger partial charge in [0.25, 0.3) is 0 Å². The van der Waals surface area contributed by atoms with E-state index in [1.807, 2.05) is 24.8 Å². The Labute approximate surface area is 164 Å². The van der Waals surface area contributed by atoms with E-state index in [1.54, 1.807) is 6.20 Å². The Morgan fingerprint density at radius 1 is 1.14 bits per heavy atom. The molecule has 1 atom stereocenters. The molecular formula is C22H24N6. The first-order valence-corrected chi connectivity index (χ1v) is 9.93. The van der Waals surface area contributed by atoms with Crippen molar-refractivity contribution in [3.63, 3.8) is 0 Å². The quantitative estimate of drug-likeness (QED) is 0.581. The molecule has 0 saturated carbocycles. The van der Waals surface area contributed by atoms with Gasteiger partial charge >= 0.3 is 0 Å². The number of fused-ring (bicyclic) bond motifs is 1. The minimum absolute atomic E-state index is 0.599. The molecule has 4 heterocycles. The Kier molecular flexibility index (Phi) is 4.53. The van der Waals surface area contributed by atoms with E-state index in [2.05, 4.69) is 49.8 Å². The van der Waals surface area contributed by atoms with E-state index in [0.29, 0.717) is 5.92 Å². The highest BCUT2D eigenvalue weighted by atomic mass is 15.2. The zero-order valence-corrected chi connectivity index (χ0v) is 15.8. The number of nitrogens with zero attached hydrogens (tertiary/aromatic N) is 5. The number of piperidine rings is 1. The van der Waals surface area contributed by atoms with Crippen LogP contribution >= 0.6 is 0 Å². The molecule has 0 radical (unpaired) electrons. The summed E-state index contributed by atoms with van der Waals surface area (Å²) in [7, 11) is 0. The summed E-state index contributed by atoms with van der Waals surface area (Å²) >= 11 is 0. The van der Waals surface area contributed by atoms with E-state index in [0.717, 1.165) is 48.7 Å². The summed E-state index contributed by atoms with van der Waals surface area (Å²) in [4.78, 5) is 19.5. The lowest BCUT2D eigenvalue weighted by Gasteiger charge is -2.33. The summed E-state index contributed by atoms with van der Waals surface area (Å²) in [5.74, 6) is 2.77. The number of pyridine rings is 1. The summed E-state index contributed by atoms with van der Waals surface area (Å²) in [5, 5.41) is 0. The molecule has 4 aromatic rings. The molecule has 142 valence electrons. The van der Waals surface area contributed by atoms with Crippen molar-refractivity contribution in [1.82, 2.24) is 24.5 Å². The highest BCUT2D eigenvalue weighted by Crippen LogP contribution is 2.24. The van der Waals surface area contributed by atoms with Crippen LogP contribution in [0.4, 0.5) is 5.82 Å². The van der Waals surface area contributed by atoms with Crippen LogP contribution in [0.3, 0.4) is 0 Å². The van der Waals surface area contributed by atoms with Gasteiger partial charge < -0.3 is 14.5 Å². The van der Waals surface area contributed by atoms with Gasteiger partial charge in [-0.15, -0.1) is 0 Å². The van der Waals surface area contributed by atoms with Gasteiger partial charge in [0.2, 0.25) is 0 Å². The minimum Gasteiger partial charge on any atom is -0.356 e. The Bertz CT molecular complexity index is 1000. The van der Waals surface area contributed by atoms with Gasteiger partial charge in [-0.2, -0.15) is 0 Å². The van der Waals surface area contributed by atoms with Gasteiger partial charge in [-0.25, -0.2) is 15.0 Å². The van der Waals surface area contributed by atoms with Crippen LogP contribution in [0, 0.1) is 5.92 Å². The smallest absolute Gasteiger partial charge is 0.128 e. The third-order valence-electron chi connectivity index (χ3n) is 5.50. The summed E-state index contributed by atoms with van der Waals surface area (Å²) in [6.07, 6.45) is 11.0. The largest absolute Gasteiger partial charge is 0.356 e. The van der Waals surface area contributed by atoms with Crippen molar-refractivity contribution >= 4 is 16.9 Å². The van der Waals surface area contributed by atoms with Crippen molar-refractivity contribution in [3.05, 3.63) is 72.7 Å². The maximum atomic E-state index is 4.75. The molecule has 1 fully saturated rings. The summed E-state index contributed by atoms with van der Waals surface area (Å²) in [6.45, 7) is 2.91. The molecule has 0 bridgehead atoms. The SMILES string of the molecule is c1ccc2[nH]c(C[C@@H]3CCCN(c4ccc(Cn5ccnc5)cn4)C3)nc2c1. The van der Waals surface area contributed by atoms with Crippen molar-refractivity contribution in [1.29, 1.82) is 0 Å². The molecule has 1 aromatic carbocycles. The topological polar surface area (TPSA) is 62.6 Å². The monoisotopic (exact) mass is 372 g/mol. The Morgan fingerprint density at radius 2 is 2.11 bits per heavy atom. The average molecular weight is 372 g/mol. The van der Waals surface area contributed by atoms with Crippen LogP contribution < -0.4 is 4.90 Å². The number of benzene rings is 1. The lowest BCUT2D eigenvalue weighted by Crippen LogP contribution is -2.36. The van der Waals surface area contributed by atoms with Crippen LogP contribution in [0.15, 0.2) is 61.3 Å². The van der Waals surface area contributed by atoms with E-state index in [1.165, 1.54) is 18.4 Å². The van der Waals surface area contributed by atoms with E-state index < -0.39 is 0 Å². The molecule has 3 aromatic heterocycles. The van der Waals surface area contributed by atoms with Crippen LogP contribution in [0.1, 0.15) is 24.2 Å². The second kappa shape index (κ2) is 7.46. The van der Waals surface area contributed by atoms with E-state index in [-0.39, 0.29) is 0 Å². The van der Waals surface area contributed by atoms with Crippen LogP contribution in [-0.2, 0) is 13.0 Å². The number of rotatable bonds is 5. The molecule has 6 heteroatoms. The Hall–Kier alpha value is -3.15. The number of hydrogen-bond donors (Lipinski definition) is 1. The molecule has 0 unspecified atom stereocenters. The molecule has 1 N–H and O–H groups in total. The summed E-state index contributed by atoms with van der Waals surface area (Å²) in [5.41, 5.74) is 3.37. The summed E-state index contributed by atoms with van der Waals surface area (Å²) < 4.78 is 2.06. The molecule has 0 amide bonds. The third-order valence-corrected chi connectivity index (χ3v) is 5.50. The predicted molar refractivity (Wildman–Crippen MR) is 110 cm³/mol. The van der Waals surface area contributed by atoms with Crippen LogP contribution in [0.5, 0.6) is 0 Å². The lowest BCUT2D eigenvalue weighted by atomic mass is 9.94. The van der Waals surface area contributed by atoms with Crippen LogP contribution in [0.25, 0.3) is 11.0 Å². The fourth-order valence-corrected chi connectivity index (χ4v) is 4.10. The first-order chi connectivity index (χ1) is 13.8. The molecule has 0 spiro atoms. The van der Waals surface area contributed by atoms with Crippen molar-refractivity contribution in [3.8, 4) is 0 Å². The van der Waals surface area contributed by atoms with Gasteiger partial charge in [0, 0.05) is 44.6 Å². The molecule has 28 heavy (non-hydrogen) atoms. The van der Waals surface area contributed by atoms with Gasteiger partial charge in [0.1, 0.15) is 11.6 Å². The zero-order valence-electron chi connectivity index (χ0n) is 15.8. The Morgan fingerprint density at radius 3 is 2.93 bits per heavy atom. The molecule has 1 saturated heterocycles. The molecule has 6 nitrogen and oxygen atoms in total. The fourth-order valence-electron chi connectivity index (χ4n) is 4.10. The number of nitrogens with one attached hydrogen (secondary N) is 1. The van der Waals surface area contributed by atoms with Crippen molar-refractivity contribution in [2.24, 2.45) is 5.92 Å². The van der Waals surface area contributed by atoms with Gasteiger partial charge in [-0.05, 0) is 42.5 Å². The van der Waals surface area contributed by atoms with Crippen molar-refractivity contribution in [2.45, 2.75) is 25.8 Å². The van der Waals surface area contributed by atoms with Gasteiger partial charge in [-0.3, -0.25) is 0 Å². The number of imidazole rings is 2. The van der Waals surface area contributed by atoms with Crippen LogP contribution in [0.2, 0.25) is 0 Å². The predicted octanol–water partition coefficient (Wildman–Crippen LogP) is 3.66. The molecular weight excluding hydrogens is 348 g/mol. The lowest BCUT2D eigenvalue weighted by molar-refractivity contribution is 0.406. The zero-order chi connectivity index (χ0) is 18.8. The van der Waals surface area contributed by atoms with Gasteiger partial charge in [0.05, 0.1) is 17.4 Å². The standard InChI is InChI=1S/C22H24N6/c1-2-6-20-19(5-1)25-21(26-20)12-17-4-3-10-28(15-17)22-8-7-18(13-24-22)14-27-11-9-23-16-27/h1-2,5-9,11,13,16-17H,3-4,10,12,14-15H2,(H,25,26)/t17-/m0/s1. The van der Waals surface area contributed by atoms with E-state index in [4.69, 9.17) is 9.97 Å². The molecule has 5 rings (SSSR count). The molecule has 0 aliphatic carbocycles. The average Bonchev–Trinajstić information content (AvgIpc) is 3.38. The number of aromatic amines is 1. The second-order valence-corrected chi connectivity index (χ2v) is 7.62. The first kappa shape index (κ1) is 17.0. The number of H-pyrrole nitrogens is 1. The minimum atomic E-state index is 0.599. The maximum Gasteiger partial charge on any atom is 0.128 e. The second-order valence-electron chi connectivity index (χ2n) is 7.62. The number of hydrogen-bond acceptors (Lipinski definition) is 4. The normalized spacial score (nSPS) is 17.3. The fraction of sp³-hybridized carbons (Fsp3) is 0.318. The Balaban J connectivity index is 1.24. The van der Waals surface area contributed by atoms with Crippen molar-refractivity contribution in [2.75, 3.05) is 18.0 Å². The highest BCUT2D eigenvalue weighted by molar-refractivity contribution is 5.74. The number of para-hydroxylation sites is 2. The van der Waals surface area contributed by atoms with E-state index >= 15 is 0 Å². The first-order valence-electron chi connectivity index (χ1n) is 9.93. The molecule has 1 aliphatic rings. The maximum absolute atomic E-state index is 4.75. The summed E-state index contributed by atoms with van der Waals surface area (Å²) in [6, 6.07) is 12.6. The van der Waals surface area contributed by atoms with Crippen molar-refractivity contribution < 1.29 is 0 Å². The number of anilines is 1. The molecule has 1 aliphatic heterocycles. The van der Waals surface area contributed by atoms with Gasteiger partial charge in [0.15, 0.2) is 0 Å². The highest BCUT2D eigenvalue weighted by Gasteiger charge is 2.22. The number of aromatic nitrogens is 5.